The summed E-state index contributed by atoms with van der Waals surface area (Å²) in [6.07, 6.45) is 1.39. The van der Waals surface area contributed by atoms with Gasteiger partial charge in [-0.3, -0.25) is 9.59 Å². The first-order valence-electron chi connectivity index (χ1n) is 9.40. The molecule has 0 aliphatic carbocycles. The molecule has 6 nitrogen and oxygen atoms in total. The maximum Gasteiger partial charge on any atom is 0.329 e. The molecule has 0 bridgehead atoms. The van der Waals surface area contributed by atoms with Crippen LogP contribution in [0.1, 0.15) is 16.7 Å². The van der Waals surface area contributed by atoms with E-state index in [-0.39, 0.29) is 6.61 Å². The second-order valence-corrected chi connectivity index (χ2v) is 7.90. The molecule has 0 radical (unpaired) electrons. The highest BCUT2D eigenvalue weighted by atomic mass is 35.5. The third-order valence-electron chi connectivity index (χ3n) is 4.32. The van der Waals surface area contributed by atoms with Crippen molar-refractivity contribution in [1.29, 1.82) is 0 Å². The molecule has 2 N–H and O–H groups in total. The summed E-state index contributed by atoms with van der Waals surface area (Å²) in [4.78, 5) is 24.0. The van der Waals surface area contributed by atoms with Gasteiger partial charge in [-0.2, -0.15) is 5.10 Å². The van der Waals surface area contributed by atoms with E-state index in [0.717, 1.165) is 5.56 Å². The van der Waals surface area contributed by atoms with Crippen molar-refractivity contribution in [3.8, 4) is 5.75 Å². The van der Waals surface area contributed by atoms with Crippen molar-refractivity contribution in [1.82, 2.24) is 5.43 Å². The molecule has 0 saturated heterocycles. The Labute approximate surface area is 200 Å². The topological polar surface area (TPSA) is 79.8 Å². The summed E-state index contributed by atoms with van der Waals surface area (Å²) in [6.45, 7) is 2.03. The molecule has 164 valence electrons. The minimum atomic E-state index is -0.918. The molecule has 9 heteroatoms. The predicted molar refractivity (Wildman–Crippen MR) is 128 cm³/mol. The number of halogens is 3. The van der Waals surface area contributed by atoms with Crippen LogP contribution in [-0.4, -0.2) is 18.0 Å². The van der Waals surface area contributed by atoms with Gasteiger partial charge in [-0.05, 0) is 54.4 Å². The number of anilines is 1. The molecule has 3 rings (SSSR count). The Hall–Kier alpha value is -3.06. The number of nitrogens with one attached hydrogen (secondary N) is 2. The first-order valence-corrected chi connectivity index (χ1v) is 10.5. The zero-order chi connectivity index (χ0) is 23.1. The SMILES string of the molecule is Cc1ccc(NC(=O)C(=O)N/N=C/c2cccc(OCc3c(Cl)cccc3Cl)c2)cc1Cl. The average Bonchev–Trinajstić information content (AvgIpc) is 2.76. The number of hydrazone groups is 1. The van der Waals surface area contributed by atoms with Gasteiger partial charge in [0, 0.05) is 26.3 Å². The van der Waals surface area contributed by atoms with Gasteiger partial charge in [0.05, 0.1) is 6.21 Å². The van der Waals surface area contributed by atoms with Crippen LogP contribution in [0.5, 0.6) is 5.75 Å². The lowest BCUT2D eigenvalue weighted by molar-refractivity contribution is -0.136. The van der Waals surface area contributed by atoms with Gasteiger partial charge >= 0.3 is 11.8 Å². The summed E-state index contributed by atoms with van der Waals surface area (Å²) in [5, 5.41) is 7.79. The molecule has 2 amide bonds. The number of carbonyl (C=O) groups excluding carboxylic acids is 2. The van der Waals surface area contributed by atoms with Gasteiger partial charge in [-0.1, -0.05) is 59.1 Å². The molecule has 0 spiro atoms. The Balaban J connectivity index is 1.55. The molecule has 3 aromatic carbocycles. The Bertz CT molecular complexity index is 1160. The number of rotatable bonds is 6. The van der Waals surface area contributed by atoms with Crippen molar-refractivity contribution in [3.63, 3.8) is 0 Å². The van der Waals surface area contributed by atoms with Crippen molar-refractivity contribution in [2.45, 2.75) is 13.5 Å². The van der Waals surface area contributed by atoms with Gasteiger partial charge < -0.3 is 10.1 Å². The minimum Gasteiger partial charge on any atom is -0.489 e. The number of nitrogens with zero attached hydrogens (tertiary/aromatic N) is 1. The molecule has 0 aliphatic heterocycles. The number of carbonyl (C=O) groups is 2. The second kappa shape index (κ2) is 11.0. The monoisotopic (exact) mass is 489 g/mol. The molecule has 0 aliphatic rings. The molecule has 0 unspecified atom stereocenters. The number of benzene rings is 3. The maximum atomic E-state index is 12.0. The van der Waals surface area contributed by atoms with Crippen molar-refractivity contribution < 1.29 is 14.3 Å². The Morgan fingerprint density at radius 3 is 2.38 bits per heavy atom. The number of hydrogen-bond acceptors (Lipinski definition) is 4. The summed E-state index contributed by atoms with van der Waals surface area (Å²) >= 11 is 18.3. The smallest absolute Gasteiger partial charge is 0.329 e. The highest BCUT2D eigenvalue weighted by Gasteiger charge is 2.13. The zero-order valence-electron chi connectivity index (χ0n) is 16.9. The maximum absolute atomic E-state index is 12.0. The predicted octanol–water partition coefficient (Wildman–Crippen LogP) is 5.62. The quantitative estimate of drug-likeness (QED) is 0.267. The van der Waals surface area contributed by atoms with E-state index in [0.29, 0.717) is 37.6 Å². The molecule has 0 heterocycles. The van der Waals surface area contributed by atoms with E-state index in [2.05, 4.69) is 15.8 Å². The molecule has 0 fully saturated rings. The molecule has 0 atom stereocenters. The number of amides is 2. The third kappa shape index (κ3) is 6.47. The molecule has 32 heavy (non-hydrogen) atoms. The molecule has 0 saturated carbocycles. The molecular formula is C23H18Cl3N3O3. The first kappa shape index (κ1) is 23.6. The van der Waals surface area contributed by atoms with E-state index in [4.69, 9.17) is 39.5 Å². The van der Waals surface area contributed by atoms with Crippen LogP contribution >= 0.6 is 34.8 Å². The minimum absolute atomic E-state index is 0.193. The van der Waals surface area contributed by atoms with E-state index in [9.17, 15) is 9.59 Å². The van der Waals surface area contributed by atoms with Crippen LogP contribution in [0.4, 0.5) is 5.69 Å². The van der Waals surface area contributed by atoms with Gasteiger partial charge in [0.2, 0.25) is 0 Å². The van der Waals surface area contributed by atoms with E-state index in [1.54, 1.807) is 60.7 Å². The van der Waals surface area contributed by atoms with Crippen LogP contribution in [-0.2, 0) is 16.2 Å². The summed E-state index contributed by atoms with van der Waals surface area (Å²) in [5.41, 5.74) is 4.79. The standard InChI is InChI=1S/C23H18Cl3N3O3/c1-14-8-9-16(11-21(14)26)28-22(30)23(31)29-27-12-15-4-2-5-17(10-15)32-13-18-19(24)6-3-7-20(18)25/h2-12H,13H2,1H3,(H,28,30)(H,29,31)/b27-12+. The Morgan fingerprint density at radius 2 is 1.66 bits per heavy atom. The largest absolute Gasteiger partial charge is 0.489 e. The zero-order valence-corrected chi connectivity index (χ0v) is 19.1. The van der Waals surface area contributed by atoms with Crippen LogP contribution in [0.25, 0.3) is 0 Å². The van der Waals surface area contributed by atoms with E-state index < -0.39 is 11.8 Å². The summed E-state index contributed by atoms with van der Waals surface area (Å²) < 4.78 is 5.75. The van der Waals surface area contributed by atoms with Gasteiger partial charge in [0.1, 0.15) is 12.4 Å². The van der Waals surface area contributed by atoms with Crippen molar-refractivity contribution in [3.05, 3.63) is 92.4 Å². The fourth-order valence-electron chi connectivity index (χ4n) is 2.59. The Morgan fingerprint density at radius 1 is 0.938 bits per heavy atom. The fraction of sp³-hybridized carbons (Fsp3) is 0.0870. The second-order valence-electron chi connectivity index (χ2n) is 6.68. The van der Waals surface area contributed by atoms with Crippen LogP contribution in [0.3, 0.4) is 0 Å². The Kier molecular flexibility index (Phi) is 8.11. The summed E-state index contributed by atoms with van der Waals surface area (Å²) in [7, 11) is 0. The van der Waals surface area contributed by atoms with E-state index in [1.807, 2.05) is 6.92 Å². The molecule has 3 aromatic rings. The van der Waals surface area contributed by atoms with Gasteiger partial charge in [-0.25, -0.2) is 5.43 Å². The van der Waals surface area contributed by atoms with Crippen LogP contribution < -0.4 is 15.5 Å². The highest BCUT2D eigenvalue weighted by molar-refractivity contribution is 6.40. The summed E-state index contributed by atoms with van der Waals surface area (Å²) in [5.74, 6) is -1.22. The lowest BCUT2D eigenvalue weighted by Crippen LogP contribution is -2.32. The van der Waals surface area contributed by atoms with Gasteiger partial charge in [0.15, 0.2) is 0 Å². The van der Waals surface area contributed by atoms with Crippen molar-refractivity contribution in [2.24, 2.45) is 5.10 Å². The lowest BCUT2D eigenvalue weighted by atomic mass is 10.2. The lowest BCUT2D eigenvalue weighted by Gasteiger charge is -2.10. The number of aryl methyl sites for hydroxylation is 1. The van der Waals surface area contributed by atoms with Gasteiger partial charge in [-0.15, -0.1) is 0 Å². The van der Waals surface area contributed by atoms with E-state index >= 15 is 0 Å². The first-order chi connectivity index (χ1) is 15.3. The van der Waals surface area contributed by atoms with E-state index in [1.165, 1.54) is 6.21 Å². The van der Waals surface area contributed by atoms with Gasteiger partial charge in [0.25, 0.3) is 0 Å². The molecule has 0 aromatic heterocycles. The normalized spacial score (nSPS) is 10.8. The van der Waals surface area contributed by atoms with Crippen LogP contribution in [0, 0.1) is 6.92 Å². The summed E-state index contributed by atoms with van der Waals surface area (Å²) in [6, 6.07) is 17.2. The third-order valence-corrected chi connectivity index (χ3v) is 5.43. The van der Waals surface area contributed by atoms with Crippen LogP contribution in [0.2, 0.25) is 15.1 Å². The highest BCUT2D eigenvalue weighted by Crippen LogP contribution is 2.26. The van der Waals surface area contributed by atoms with Crippen molar-refractivity contribution in [2.75, 3.05) is 5.32 Å². The average molecular weight is 491 g/mol. The fourth-order valence-corrected chi connectivity index (χ4v) is 3.27. The number of ether oxygens (including phenoxy) is 1. The van der Waals surface area contributed by atoms with Crippen LogP contribution in [0.15, 0.2) is 65.8 Å². The molecular weight excluding hydrogens is 473 g/mol. The van der Waals surface area contributed by atoms with Crippen molar-refractivity contribution >= 4 is 58.5 Å². The number of hydrogen-bond donors (Lipinski definition) is 2.